The van der Waals surface area contributed by atoms with Gasteiger partial charge >= 0.3 is 0 Å². The van der Waals surface area contributed by atoms with Crippen molar-refractivity contribution in [3.05, 3.63) is 35.1 Å². The fraction of sp³-hybridized carbons (Fsp3) is 0.538. The first kappa shape index (κ1) is 13.5. The van der Waals surface area contributed by atoms with Crippen LogP contribution in [0.15, 0.2) is 18.2 Å². The highest BCUT2D eigenvalue weighted by atomic mass is 32.2. The Morgan fingerprint density at radius 2 is 2.06 bits per heavy atom. The number of benzene rings is 1. The Morgan fingerprint density at radius 3 is 2.69 bits per heavy atom. The quantitative estimate of drug-likeness (QED) is 0.857. The van der Waals surface area contributed by atoms with Gasteiger partial charge in [-0.25, -0.2) is 4.39 Å². The zero-order valence-corrected chi connectivity index (χ0v) is 11.0. The second-order valence-electron chi connectivity index (χ2n) is 4.42. The van der Waals surface area contributed by atoms with E-state index in [1.807, 2.05) is 24.8 Å². The van der Waals surface area contributed by atoms with E-state index in [1.165, 1.54) is 6.07 Å². The first-order valence-electron chi connectivity index (χ1n) is 5.61. The fourth-order valence-electron chi connectivity index (χ4n) is 1.52. The summed E-state index contributed by atoms with van der Waals surface area (Å²) in [4.78, 5) is 0. The topological polar surface area (TPSA) is 26.0 Å². The second-order valence-corrected chi connectivity index (χ2v) is 6.03. The molecule has 0 radical (unpaired) electrons. The predicted octanol–water partition coefficient (Wildman–Crippen LogP) is 3.15. The van der Waals surface area contributed by atoms with Crippen LogP contribution in [0.1, 0.15) is 25.0 Å². The van der Waals surface area contributed by atoms with E-state index in [-0.39, 0.29) is 11.9 Å². The molecule has 1 unspecified atom stereocenters. The minimum atomic E-state index is -0.177. The number of thioether (sulfide) groups is 1. The highest BCUT2D eigenvalue weighted by Crippen LogP contribution is 2.15. The van der Waals surface area contributed by atoms with Crippen LogP contribution < -0.4 is 5.73 Å². The van der Waals surface area contributed by atoms with Crippen molar-refractivity contribution in [3.8, 4) is 0 Å². The maximum absolute atomic E-state index is 13.1. The third-order valence-electron chi connectivity index (χ3n) is 2.44. The minimum absolute atomic E-state index is 0.105. The van der Waals surface area contributed by atoms with E-state index in [0.717, 1.165) is 23.3 Å². The van der Waals surface area contributed by atoms with Gasteiger partial charge in [0.25, 0.3) is 0 Å². The molecule has 0 aliphatic carbocycles. The summed E-state index contributed by atoms with van der Waals surface area (Å²) < 4.78 is 13.1. The maximum Gasteiger partial charge on any atom is 0.123 e. The summed E-state index contributed by atoms with van der Waals surface area (Å²) in [6, 6.07) is 5.00. The Morgan fingerprint density at radius 1 is 1.38 bits per heavy atom. The van der Waals surface area contributed by atoms with Crippen molar-refractivity contribution in [3.63, 3.8) is 0 Å². The Hall–Kier alpha value is -0.540. The van der Waals surface area contributed by atoms with E-state index >= 15 is 0 Å². The summed E-state index contributed by atoms with van der Waals surface area (Å²) in [5, 5.41) is 0.597. The first-order chi connectivity index (χ1) is 7.49. The summed E-state index contributed by atoms with van der Waals surface area (Å²) >= 11 is 1.85. The smallest absolute Gasteiger partial charge is 0.123 e. The molecule has 0 saturated heterocycles. The van der Waals surface area contributed by atoms with E-state index in [4.69, 9.17) is 5.73 Å². The second kappa shape index (κ2) is 6.26. The monoisotopic (exact) mass is 241 g/mol. The van der Waals surface area contributed by atoms with Gasteiger partial charge in [0.2, 0.25) is 0 Å². The fourth-order valence-corrected chi connectivity index (χ4v) is 2.27. The van der Waals surface area contributed by atoms with Crippen molar-refractivity contribution >= 4 is 11.8 Å². The number of rotatable bonds is 5. The standard InChI is InChI=1S/C13H20FNS/c1-9(2)16-8-13(15)7-11-6-12(14)5-4-10(11)3/h4-6,9,13H,7-8,15H2,1-3H3. The molecule has 1 rings (SSSR count). The number of halogens is 1. The average Bonchev–Trinajstić information content (AvgIpc) is 2.20. The molecule has 3 heteroatoms. The average molecular weight is 241 g/mol. The van der Waals surface area contributed by atoms with Crippen molar-refractivity contribution in [2.45, 2.75) is 38.5 Å². The lowest BCUT2D eigenvalue weighted by Gasteiger charge is -2.14. The lowest BCUT2D eigenvalue weighted by Crippen LogP contribution is -2.26. The van der Waals surface area contributed by atoms with Crippen LogP contribution in [-0.4, -0.2) is 17.0 Å². The highest BCUT2D eigenvalue weighted by molar-refractivity contribution is 7.99. The first-order valence-corrected chi connectivity index (χ1v) is 6.66. The maximum atomic E-state index is 13.1. The third-order valence-corrected chi connectivity index (χ3v) is 3.72. The predicted molar refractivity (Wildman–Crippen MR) is 70.4 cm³/mol. The Labute approximate surface area is 102 Å². The van der Waals surface area contributed by atoms with Crippen molar-refractivity contribution in [2.75, 3.05) is 5.75 Å². The van der Waals surface area contributed by atoms with E-state index < -0.39 is 0 Å². The third kappa shape index (κ3) is 4.54. The molecule has 1 aromatic rings. The van der Waals surface area contributed by atoms with Crippen molar-refractivity contribution in [1.29, 1.82) is 0 Å². The van der Waals surface area contributed by atoms with Gasteiger partial charge in [-0.05, 0) is 41.9 Å². The molecule has 90 valence electrons. The van der Waals surface area contributed by atoms with Crippen LogP contribution in [0.2, 0.25) is 0 Å². The molecule has 0 amide bonds. The number of nitrogens with two attached hydrogens (primary N) is 1. The summed E-state index contributed by atoms with van der Waals surface area (Å²) in [5.41, 5.74) is 8.17. The molecule has 0 aromatic heterocycles. The van der Waals surface area contributed by atoms with Crippen LogP contribution in [-0.2, 0) is 6.42 Å². The number of hydrogen-bond acceptors (Lipinski definition) is 2. The largest absolute Gasteiger partial charge is 0.327 e. The Bertz CT molecular complexity index is 339. The van der Waals surface area contributed by atoms with E-state index in [1.54, 1.807) is 6.07 Å². The highest BCUT2D eigenvalue weighted by Gasteiger charge is 2.08. The van der Waals surface area contributed by atoms with Gasteiger partial charge in [0.1, 0.15) is 5.82 Å². The van der Waals surface area contributed by atoms with Gasteiger partial charge in [0.05, 0.1) is 0 Å². The van der Waals surface area contributed by atoms with Crippen LogP contribution in [0.4, 0.5) is 4.39 Å². The minimum Gasteiger partial charge on any atom is -0.327 e. The van der Waals surface area contributed by atoms with Gasteiger partial charge < -0.3 is 5.73 Å². The SMILES string of the molecule is Cc1ccc(F)cc1CC(N)CSC(C)C. The van der Waals surface area contributed by atoms with Gasteiger partial charge in [-0.15, -0.1) is 0 Å². The molecule has 0 aliphatic rings. The molecule has 0 saturated carbocycles. The molecule has 1 nitrogen and oxygen atoms in total. The summed E-state index contributed by atoms with van der Waals surface area (Å²) in [6.07, 6.45) is 0.753. The molecular formula is C13H20FNS. The van der Waals surface area contributed by atoms with Crippen molar-refractivity contribution < 1.29 is 4.39 Å². The van der Waals surface area contributed by atoms with Gasteiger partial charge in [-0.2, -0.15) is 11.8 Å². The van der Waals surface area contributed by atoms with E-state index in [0.29, 0.717) is 5.25 Å². The van der Waals surface area contributed by atoms with Gasteiger partial charge in [0.15, 0.2) is 0 Å². The molecule has 0 fully saturated rings. The van der Waals surface area contributed by atoms with Gasteiger partial charge in [-0.1, -0.05) is 19.9 Å². The van der Waals surface area contributed by atoms with Gasteiger partial charge in [-0.3, -0.25) is 0 Å². The van der Waals surface area contributed by atoms with E-state index in [2.05, 4.69) is 13.8 Å². The van der Waals surface area contributed by atoms with Crippen LogP contribution in [0.25, 0.3) is 0 Å². The van der Waals surface area contributed by atoms with E-state index in [9.17, 15) is 4.39 Å². The lowest BCUT2D eigenvalue weighted by molar-refractivity contribution is 0.622. The summed E-state index contributed by atoms with van der Waals surface area (Å²) in [5.74, 6) is 0.748. The summed E-state index contributed by atoms with van der Waals surface area (Å²) in [6.45, 7) is 6.31. The number of aryl methyl sites for hydroxylation is 1. The lowest BCUT2D eigenvalue weighted by atomic mass is 10.0. The molecule has 1 atom stereocenters. The molecule has 0 bridgehead atoms. The zero-order chi connectivity index (χ0) is 12.1. The summed E-state index contributed by atoms with van der Waals surface area (Å²) in [7, 11) is 0. The molecule has 0 aliphatic heterocycles. The Balaban J connectivity index is 2.55. The van der Waals surface area contributed by atoms with Gasteiger partial charge in [0, 0.05) is 11.8 Å². The molecule has 0 spiro atoms. The van der Waals surface area contributed by atoms with Crippen LogP contribution in [0.5, 0.6) is 0 Å². The van der Waals surface area contributed by atoms with Crippen LogP contribution in [0, 0.1) is 12.7 Å². The normalized spacial score (nSPS) is 13.1. The van der Waals surface area contributed by atoms with Crippen molar-refractivity contribution in [1.82, 2.24) is 0 Å². The molecule has 16 heavy (non-hydrogen) atoms. The van der Waals surface area contributed by atoms with Crippen LogP contribution in [0.3, 0.4) is 0 Å². The van der Waals surface area contributed by atoms with Crippen molar-refractivity contribution in [2.24, 2.45) is 5.73 Å². The molecule has 2 N–H and O–H groups in total. The van der Waals surface area contributed by atoms with Crippen LogP contribution >= 0.6 is 11.8 Å². The molecule has 1 aromatic carbocycles. The molecule has 0 heterocycles. The molecular weight excluding hydrogens is 221 g/mol. The Kier molecular flexibility index (Phi) is 5.29. The zero-order valence-electron chi connectivity index (χ0n) is 10.2. The number of hydrogen-bond donors (Lipinski definition) is 1.